The van der Waals surface area contributed by atoms with Crippen LogP contribution in [0.15, 0.2) is 69.6 Å². The van der Waals surface area contributed by atoms with Gasteiger partial charge < -0.3 is 14.4 Å². The summed E-state index contributed by atoms with van der Waals surface area (Å²) < 4.78 is 13.3. The van der Waals surface area contributed by atoms with Gasteiger partial charge in [0.15, 0.2) is 4.80 Å². The van der Waals surface area contributed by atoms with Crippen LogP contribution in [0.1, 0.15) is 37.9 Å². The Morgan fingerprint density at radius 1 is 1.14 bits per heavy atom. The second kappa shape index (κ2) is 9.92. The van der Waals surface area contributed by atoms with E-state index in [0.29, 0.717) is 31.9 Å². The summed E-state index contributed by atoms with van der Waals surface area (Å²) in [4.78, 5) is 33.8. The smallest absolute Gasteiger partial charge is 0.338 e. The highest BCUT2D eigenvalue weighted by Gasteiger charge is 2.34. The number of allylic oxidation sites excluding steroid dienone is 1. The number of hydrogen-bond acceptors (Lipinski definition) is 7. The van der Waals surface area contributed by atoms with Crippen molar-refractivity contribution in [3.05, 3.63) is 90.6 Å². The monoisotopic (exact) mass is 491 g/mol. The van der Waals surface area contributed by atoms with Gasteiger partial charge >= 0.3 is 5.97 Å². The lowest BCUT2D eigenvalue weighted by molar-refractivity contribution is -0.136. The van der Waals surface area contributed by atoms with Crippen molar-refractivity contribution in [2.45, 2.75) is 32.9 Å². The number of aromatic nitrogens is 1. The first kappa shape index (κ1) is 24.5. The Morgan fingerprint density at radius 3 is 2.46 bits per heavy atom. The number of thiazole rings is 1. The van der Waals surface area contributed by atoms with Gasteiger partial charge in [-0.15, -0.1) is 0 Å². The van der Waals surface area contributed by atoms with E-state index in [0.717, 1.165) is 11.3 Å². The molecular formula is C27H29N3O4S. The first-order chi connectivity index (χ1) is 16.7. The summed E-state index contributed by atoms with van der Waals surface area (Å²) >= 11 is 1.30. The van der Waals surface area contributed by atoms with Crippen LogP contribution in [0.25, 0.3) is 6.08 Å². The standard InChI is InChI=1S/C27H29N3O4S/c1-16(2)34-21-10-8-7-9-20(21)24-23(26(32)33-6)17(3)28-27-30(24)25(31)22(35-27)15-18-11-13-19(14-12-18)29(4)5/h7-16,24H,1-6H3/b22-15-. The fraction of sp³-hybridized carbons (Fsp3) is 0.296. The van der Waals surface area contributed by atoms with E-state index in [-0.39, 0.29) is 11.7 Å². The molecule has 0 amide bonds. The number of carbonyl (C=O) groups is 1. The van der Waals surface area contributed by atoms with E-state index in [4.69, 9.17) is 9.47 Å². The second-order valence-corrected chi connectivity index (χ2v) is 9.77. The summed E-state index contributed by atoms with van der Waals surface area (Å²) in [6.45, 7) is 5.64. The van der Waals surface area contributed by atoms with E-state index in [9.17, 15) is 9.59 Å². The van der Waals surface area contributed by atoms with Crippen LogP contribution in [0.3, 0.4) is 0 Å². The number of nitrogens with zero attached hydrogens (tertiary/aromatic N) is 3. The molecule has 0 bridgehead atoms. The molecule has 1 aliphatic heterocycles. The van der Waals surface area contributed by atoms with Crippen LogP contribution >= 0.6 is 11.3 Å². The number of benzene rings is 2. The minimum atomic E-state index is -0.716. The largest absolute Gasteiger partial charge is 0.491 e. The molecule has 2 aromatic carbocycles. The zero-order chi connectivity index (χ0) is 25.3. The van der Waals surface area contributed by atoms with Crippen molar-refractivity contribution in [1.82, 2.24) is 4.57 Å². The van der Waals surface area contributed by atoms with Gasteiger partial charge in [-0.2, -0.15) is 0 Å². The van der Waals surface area contributed by atoms with Crippen LogP contribution in [0, 0.1) is 0 Å². The molecule has 0 fully saturated rings. The Balaban J connectivity index is 1.94. The third-order valence-electron chi connectivity index (χ3n) is 5.71. The summed E-state index contributed by atoms with van der Waals surface area (Å²) in [5.41, 5.74) is 3.31. The summed E-state index contributed by atoms with van der Waals surface area (Å²) in [7, 11) is 5.29. The highest BCUT2D eigenvalue weighted by molar-refractivity contribution is 7.07. The summed E-state index contributed by atoms with van der Waals surface area (Å²) in [5, 5.41) is 0. The molecule has 4 rings (SSSR count). The van der Waals surface area contributed by atoms with Crippen molar-refractivity contribution in [3.8, 4) is 5.75 Å². The molecule has 8 heteroatoms. The molecule has 0 saturated heterocycles. The highest BCUT2D eigenvalue weighted by Crippen LogP contribution is 2.36. The Bertz CT molecular complexity index is 1460. The highest BCUT2D eigenvalue weighted by atomic mass is 32.1. The predicted molar refractivity (Wildman–Crippen MR) is 139 cm³/mol. The van der Waals surface area contributed by atoms with Crippen molar-refractivity contribution in [3.63, 3.8) is 0 Å². The molecule has 1 atom stereocenters. The molecule has 1 unspecified atom stereocenters. The maximum atomic E-state index is 13.7. The molecule has 0 saturated carbocycles. The Morgan fingerprint density at radius 2 is 1.83 bits per heavy atom. The van der Waals surface area contributed by atoms with E-state index >= 15 is 0 Å². The second-order valence-electron chi connectivity index (χ2n) is 8.76. The number of hydrogen-bond donors (Lipinski definition) is 0. The van der Waals surface area contributed by atoms with Crippen LogP contribution < -0.4 is 24.5 Å². The number of carbonyl (C=O) groups excluding carboxylic acids is 1. The van der Waals surface area contributed by atoms with Gasteiger partial charge in [0.25, 0.3) is 5.56 Å². The Hall–Kier alpha value is -3.65. The van der Waals surface area contributed by atoms with Crippen molar-refractivity contribution in [2.24, 2.45) is 4.99 Å². The van der Waals surface area contributed by atoms with Crippen LogP contribution in [0.2, 0.25) is 0 Å². The SMILES string of the molecule is COC(=O)C1=C(C)N=c2s/c(=C\c3ccc(N(C)C)cc3)c(=O)n2C1c1ccccc1OC(C)C. The van der Waals surface area contributed by atoms with Gasteiger partial charge in [0, 0.05) is 25.3 Å². The lowest BCUT2D eigenvalue weighted by Crippen LogP contribution is -2.40. The minimum absolute atomic E-state index is 0.0798. The lowest BCUT2D eigenvalue weighted by Gasteiger charge is -2.26. The maximum absolute atomic E-state index is 13.7. The molecule has 2 heterocycles. The molecule has 0 radical (unpaired) electrons. The number of anilines is 1. The quantitative estimate of drug-likeness (QED) is 0.495. The molecule has 3 aromatic rings. The van der Waals surface area contributed by atoms with E-state index in [1.165, 1.54) is 18.4 Å². The average molecular weight is 492 g/mol. The third kappa shape index (κ3) is 4.79. The Labute approximate surface area is 208 Å². The molecule has 1 aromatic heterocycles. The molecule has 0 N–H and O–H groups in total. The van der Waals surface area contributed by atoms with Gasteiger partial charge in [0.1, 0.15) is 11.8 Å². The normalized spacial score (nSPS) is 15.6. The molecule has 1 aliphatic rings. The summed E-state index contributed by atoms with van der Waals surface area (Å²) in [5.74, 6) is 0.0848. The zero-order valence-corrected chi connectivity index (χ0v) is 21.6. The van der Waals surface area contributed by atoms with Crippen LogP contribution in [0.5, 0.6) is 5.75 Å². The maximum Gasteiger partial charge on any atom is 0.338 e. The van der Waals surface area contributed by atoms with Gasteiger partial charge in [-0.1, -0.05) is 41.7 Å². The van der Waals surface area contributed by atoms with Gasteiger partial charge in [-0.05, 0) is 50.6 Å². The van der Waals surface area contributed by atoms with Crippen molar-refractivity contribution in [2.75, 3.05) is 26.1 Å². The third-order valence-corrected chi connectivity index (χ3v) is 6.69. The van der Waals surface area contributed by atoms with Crippen molar-refractivity contribution >= 4 is 29.1 Å². The summed E-state index contributed by atoms with van der Waals surface area (Å²) in [6, 6.07) is 14.7. The molecule has 0 aliphatic carbocycles. The van der Waals surface area contributed by atoms with Crippen LogP contribution in [0.4, 0.5) is 5.69 Å². The van der Waals surface area contributed by atoms with E-state index in [1.54, 1.807) is 11.5 Å². The Kier molecular flexibility index (Phi) is 6.93. The van der Waals surface area contributed by atoms with E-state index in [2.05, 4.69) is 4.99 Å². The number of para-hydroxylation sites is 1. The first-order valence-electron chi connectivity index (χ1n) is 11.3. The summed E-state index contributed by atoms with van der Waals surface area (Å²) in [6.07, 6.45) is 1.78. The molecular weight excluding hydrogens is 462 g/mol. The fourth-order valence-corrected chi connectivity index (χ4v) is 5.12. The molecule has 182 valence electrons. The van der Waals surface area contributed by atoms with Gasteiger partial charge in [0.2, 0.25) is 0 Å². The lowest BCUT2D eigenvalue weighted by atomic mass is 9.95. The number of ether oxygens (including phenoxy) is 2. The molecule has 35 heavy (non-hydrogen) atoms. The van der Waals surface area contributed by atoms with Gasteiger partial charge in [-0.3, -0.25) is 9.36 Å². The minimum Gasteiger partial charge on any atom is -0.491 e. The van der Waals surface area contributed by atoms with Crippen molar-refractivity contribution < 1.29 is 14.3 Å². The number of esters is 1. The zero-order valence-electron chi connectivity index (χ0n) is 20.7. The first-order valence-corrected chi connectivity index (χ1v) is 12.2. The fourth-order valence-electron chi connectivity index (χ4n) is 4.07. The predicted octanol–water partition coefficient (Wildman–Crippen LogP) is 3.26. The number of methoxy groups -OCH3 is 1. The van der Waals surface area contributed by atoms with Crippen LogP contribution in [-0.2, 0) is 9.53 Å². The molecule has 7 nitrogen and oxygen atoms in total. The van der Waals surface area contributed by atoms with Gasteiger partial charge in [-0.25, -0.2) is 9.79 Å². The average Bonchev–Trinajstić information content (AvgIpc) is 3.12. The molecule has 0 spiro atoms. The number of fused-ring (bicyclic) bond motifs is 1. The van der Waals surface area contributed by atoms with Crippen LogP contribution in [-0.4, -0.2) is 37.8 Å². The topological polar surface area (TPSA) is 73.1 Å². The van der Waals surface area contributed by atoms with Gasteiger partial charge in [0.05, 0.1) is 29.0 Å². The number of rotatable bonds is 6. The van der Waals surface area contributed by atoms with Crippen molar-refractivity contribution in [1.29, 1.82) is 0 Å². The van der Waals surface area contributed by atoms with E-state index in [1.807, 2.05) is 87.4 Å². The van der Waals surface area contributed by atoms with E-state index < -0.39 is 12.0 Å².